The molecule has 4 aromatic carbocycles. The van der Waals surface area contributed by atoms with Gasteiger partial charge in [0.2, 0.25) is 11.8 Å². The number of halogens is 9. The van der Waals surface area contributed by atoms with Gasteiger partial charge in [-0.15, -0.1) is 35.1 Å². The van der Waals surface area contributed by atoms with Crippen molar-refractivity contribution >= 4 is 76.3 Å². The Morgan fingerprint density at radius 2 is 1.06 bits per heavy atom. The van der Waals surface area contributed by atoms with Gasteiger partial charge in [0.15, 0.2) is 23.1 Å². The number of thiophene rings is 2. The van der Waals surface area contributed by atoms with Crippen molar-refractivity contribution in [1.29, 1.82) is 0 Å². The number of hydrogen-bond donors (Lipinski definition) is 2. The van der Waals surface area contributed by atoms with E-state index < -0.39 is 75.4 Å². The number of aliphatic carboxylic acids is 1. The van der Waals surface area contributed by atoms with E-state index in [0.717, 1.165) is 11.0 Å². The average molecular weight is 1240 g/mol. The Bertz CT molecular complexity index is 3310. The molecule has 0 unspecified atom stereocenters. The largest absolute Gasteiger partial charge is 0.485 e. The van der Waals surface area contributed by atoms with E-state index >= 15 is 4.39 Å². The zero-order valence-electron chi connectivity index (χ0n) is 46.4. The third-order valence-electron chi connectivity index (χ3n) is 12.4. The van der Waals surface area contributed by atoms with Gasteiger partial charge in [-0.1, -0.05) is 60.7 Å². The van der Waals surface area contributed by atoms with Crippen LogP contribution in [0.1, 0.15) is 85.0 Å². The van der Waals surface area contributed by atoms with Crippen LogP contribution in [-0.2, 0) is 67.1 Å². The molecule has 14 nitrogen and oxygen atoms in total. The highest BCUT2D eigenvalue weighted by Gasteiger charge is 2.38. The van der Waals surface area contributed by atoms with Crippen LogP contribution in [0.25, 0.3) is 22.3 Å². The van der Waals surface area contributed by atoms with E-state index in [4.69, 9.17) is 24.1 Å². The van der Waals surface area contributed by atoms with E-state index in [1.165, 1.54) is 40.1 Å². The maximum absolute atomic E-state index is 15.3. The number of amides is 3. The number of nitrogens with one attached hydrogen (secondary N) is 1. The van der Waals surface area contributed by atoms with Crippen molar-refractivity contribution in [2.45, 2.75) is 104 Å². The number of hydrogen-bond acceptors (Lipinski definition) is 12. The molecule has 0 atom stereocenters. The number of carboxylic acid groups (broad SMARTS) is 1. The van der Waals surface area contributed by atoms with Crippen molar-refractivity contribution in [3.63, 3.8) is 0 Å². The molecule has 2 aliphatic heterocycles. The topological polar surface area (TPSA) is 164 Å². The molecule has 25 heteroatoms. The van der Waals surface area contributed by atoms with Gasteiger partial charge in [0.25, 0.3) is 0 Å². The van der Waals surface area contributed by atoms with Gasteiger partial charge in [-0.05, 0) is 101 Å². The summed E-state index contributed by atoms with van der Waals surface area (Å²) in [5.41, 5.74) is 1.29. The molecular formula is C59H61ClF8N4O10S2. The van der Waals surface area contributed by atoms with Crippen molar-refractivity contribution in [1.82, 2.24) is 10.2 Å². The molecule has 2 N–H and O–H groups in total. The molecule has 0 radical (unpaired) electrons. The van der Waals surface area contributed by atoms with Crippen molar-refractivity contribution in [3.05, 3.63) is 139 Å². The fourth-order valence-electron chi connectivity index (χ4n) is 8.84. The Labute approximate surface area is 493 Å². The summed E-state index contributed by atoms with van der Waals surface area (Å²) < 4.78 is 134. The van der Waals surface area contributed by atoms with Gasteiger partial charge in [0.05, 0.1) is 30.8 Å². The second kappa shape index (κ2) is 27.6. The molecule has 0 bridgehead atoms. The molecule has 0 fully saturated rings. The molecule has 84 heavy (non-hydrogen) atoms. The first-order valence-corrected chi connectivity index (χ1v) is 27.7. The molecule has 2 aliphatic rings. The first kappa shape index (κ1) is 65.9. The Balaban J connectivity index is 0.000000275. The Hall–Kier alpha value is -7.28. The molecule has 0 aliphatic carbocycles. The highest BCUT2D eigenvalue weighted by molar-refractivity contribution is 7.13. The Morgan fingerprint density at radius 1 is 0.619 bits per heavy atom. The minimum atomic E-state index is -4.57. The molecule has 6 aromatic rings. The van der Waals surface area contributed by atoms with Crippen LogP contribution in [0.2, 0.25) is 0 Å². The predicted octanol–water partition coefficient (Wildman–Crippen LogP) is 13.5. The van der Waals surface area contributed by atoms with Crippen LogP contribution in [0.5, 0.6) is 11.5 Å². The van der Waals surface area contributed by atoms with Gasteiger partial charge < -0.3 is 39.2 Å². The fourth-order valence-corrected chi connectivity index (χ4v) is 10.8. The molecule has 0 saturated carbocycles. The summed E-state index contributed by atoms with van der Waals surface area (Å²) in [6, 6.07) is 24.4. The second-order valence-electron chi connectivity index (χ2n) is 21.2. The summed E-state index contributed by atoms with van der Waals surface area (Å²) in [6.45, 7) is 9.65. The summed E-state index contributed by atoms with van der Waals surface area (Å²) in [5, 5.41) is 11.4. The smallest absolute Gasteiger partial charge is 0.426 e. The van der Waals surface area contributed by atoms with Gasteiger partial charge in [0, 0.05) is 59.2 Å². The van der Waals surface area contributed by atoms with Crippen LogP contribution in [0.15, 0.2) is 97.1 Å². The number of carbonyl (C=O) groups excluding carboxylic acids is 4. The third-order valence-corrected chi connectivity index (χ3v) is 14.7. The number of fused-ring (bicyclic) bond motifs is 2. The molecule has 0 saturated heterocycles. The number of benzene rings is 4. The summed E-state index contributed by atoms with van der Waals surface area (Å²) >= 11 is 1.10. The highest BCUT2D eigenvalue weighted by atomic mass is 35.5. The van der Waals surface area contributed by atoms with Crippen molar-refractivity contribution in [2.24, 2.45) is 0 Å². The lowest BCUT2D eigenvalue weighted by atomic mass is 10.1. The zero-order chi connectivity index (χ0) is 60.6. The van der Waals surface area contributed by atoms with E-state index in [-0.39, 0.29) is 104 Å². The average Bonchev–Trinajstić information content (AvgIpc) is 4.42. The Morgan fingerprint density at radius 3 is 1.48 bits per heavy atom. The summed E-state index contributed by atoms with van der Waals surface area (Å²) in [4.78, 5) is 64.6. The lowest BCUT2D eigenvalue weighted by molar-refractivity contribution is -0.155. The van der Waals surface area contributed by atoms with Crippen molar-refractivity contribution < 1.29 is 83.1 Å². The minimum Gasteiger partial charge on any atom is -0.485 e. The molecule has 4 heterocycles. The predicted molar refractivity (Wildman–Crippen MR) is 304 cm³/mol. The summed E-state index contributed by atoms with van der Waals surface area (Å²) in [5.74, 6) is -4.16. The molecule has 452 valence electrons. The van der Waals surface area contributed by atoms with Gasteiger partial charge >= 0.3 is 30.4 Å². The molecular weight excluding hydrogens is 1180 g/mol. The lowest BCUT2D eigenvalue weighted by Gasteiger charge is -2.29. The number of carboxylic acids is 1. The SMILES string of the molecule is CC(C)(C)OC(=O)CCN(CC(=O)N1CCc2cc(OCc3cc(-c4ccccc4)c(C(F)(F)F)s3)c(F)cc21)C(=O)OC(C)(C)C.Cl.O=C(O)CCNCC(=O)N1CCc2cc(OCc3cc(-c4ccccc4)c(C(F)(F)F)s3)c(F)cc21. The normalized spacial score (nSPS) is 13.0. The number of esters is 1. The number of anilines is 2. The number of rotatable bonds is 18. The first-order chi connectivity index (χ1) is 38.9. The molecule has 2 aromatic heterocycles. The van der Waals surface area contributed by atoms with E-state index in [2.05, 4.69) is 5.32 Å². The van der Waals surface area contributed by atoms with E-state index in [0.29, 0.717) is 74.9 Å². The third kappa shape index (κ3) is 17.9. The zero-order valence-corrected chi connectivity index (χ0v) is 48.9. The number of nitrogens with zero attached hydrogens (tertiary/aromatic N) is 3. The Kier molecular flexibility index (Phi) is 21.7. The minimum absolute atomic E-state index is 0. The monoisotopic (exact) mass is 1240 g/mol. The standard InChI is InChI=1S/C34H38F4N2O6S.C25H22F4N2O4S.ClH/c1-32(2,3)45-29(42)13-14-39(31(43)46-33(4,5)6)19-28(41)40-15-12-22-16-27(25(35)18-26(22)40)44-20-23-17-24(21-10-8-7-9-11-21)30(47-23)34(36,37)38;26-19-12-20-16(7-9-31(20)22(32)13-30-8-6-23(33)34)10-21(19)35-14-17-11-18(15-4-2-1-3-5-15)24(36-17)25(27,28)29;/h7-11,16-18H,12-15,19-20H2,1-6H3;1-5,10-12,30H,6-9,13-14H2,(H,33,34);1H. The van der Waals surface area contributed by atoms with E-state index in [1.807, 2.05) is 0 Å². The van der Waals surface area contributed by atoms with Crippen LogP contribution >= 0.6 is 35.1 Å². The van der Waals surface area contributed by atoms with Crippen LogP contribution in [0, 0.1) is 11.6 Å². The highest BCUT2D eigenvalue weighted by Crippen LogP contribution is 2.45. The van der Waals surface area contributed by atoms with Crippen LogP contribution < -0.4 is 24.6 Å². The fraction of sp³-hybridized carbons (Fsp3) is 0.373. The molecule has 8 rings (SSSR count). The maximum Gasteiger partial charge on any atom is 0.426 e. The number of alkyl halides is 6. The van der Waals surface area contributed by atoms with Crippen LogP contribution in [0.3, 0.4) is 0 Å². The first-order valence-electron chi connectivity index (χ1n) is 26.1. The van der Waals surface area contributed by atoms with Crippen LogP contribution in [0.4, 0.5) is 51.3 Å². The van der Waals surface area contributed by atoms with E-state index in [9.17, 15) is 54.7 Å². The lowest BCUT2D eigenvalue weighted by Crippen LogP contribution is -2.45. The van der Waals surface area contributed by atoms with Gasteiger partial charge in [-0.25, -0.2) is 13.6 Å². The number of ether oxygens (including phenoxy) is 4. The van der Waals surface area contributed by atoms with Gasteiger partial charge in [0.1, 0.15) is 40.7 Å². The van der Waals surface area contributed by atoms with E-state index in [1.54, 1.807) is 102 Å². The molecule has 3 amide bonds. The van der Waals surface area contributed by atoms with Gasteiger partial charge in [-0.2, -0.15) is 26.3 Å². The summed E-state index contributed by atoms with van der Waals surface area (Å²) in [6.07, 6.45) is -9.37. The van der Waals surface area contributed by atoms with Crippen molar-refractivity contribution in [2.75, 3.05) is 49.1 Å². The second-order valence-corrected chi connectivity index (χ2v) is 23.5. The van der Waals surface area contributed by atoms with Crippen molar-refractivity contribution in [3.8, 4) is 33.8 Å². The quantitative estimate of drug-likeness (QED) is 0.0478. The van der Waals surface area contributed by atoms with Crippen LogP contribution in [-0.4, -0.2) is 90.3 Å². The summed E-state index contributed by atoms with van der Waals surface area (Å²) in [7, 11) is 0. The maximum atomic E-state index is 15.3. The molecule has 0 spiro atoms. The van der Waals surface area contributed by atoms with Gasteiger partial charge in [-0.3, -0.25) is 24.1 Å². The number of carbonyl (C=O) groups is 5.